The van der Waals surface area contributed by atoms with Crippen molar-refractivity contribution >= 4 is 44.8 Å². The van der Waals surface area contributed by atoms with Crippen molar-refractivity contribution in [1.29, 1.82) is 0 Å². The number of anilines is 1. The molecule has 0 spiro atoms. The Balaban J connectivity index is 1.80. The Morgan fingerprint density at radius 3 is 2.26 bits per heavy atom. The summed E-state index contributed by atoms with van der Waals surface area (Å²) in [6, 6.07) is 16.2. The number of halogens is 5. The fourth-order valence-corrected chi connectivity index (χ4v) is 4.78. The van der Waals surface area contributed by atoms with Gasteiger partial charge in [-0.15, -0.1) is 0 Å². The number of benzene rings is 3. The molecule has 0 atom stereocenters. The molecule has 1 amide bonds. The zero-order chi connectivity index (χ0) is 25.6. The summed E-state index contributed by atoms with van der Waals surface area (Å²) in [5.74, 6) is -0.231. The van der Waals surface area contributed by atoms with E-state index in [2.05, 4.69) is 5.32 Å². The Hall–Kier alpha value is -2.95. The first-order valence-corrected chi connectivity index (χ1v) is 12.3. The number of nitrogens with zero attached hydrogens (tertiary/aromatic N) is 1. The van der Waals surface area contributed by atoms with Crippen LogP contribution < -0.4 is 14.4 Å². The molecule has 0 aromatic heterocycles. The number of alkyl halides is 3. The predicted molar refractivity (Wildman–Crippen MR) is 127 cm³/mol. The van der Waals surface area contributed by atoms with Crippen LogP contribution in [-0.4, -0.2) is 34.0 Å². The largest absolute Gasteiger partial charge is 0.492 e. The van der Waals surface area contributed by atoms with Crippen molar-refractivity contribution in [2.75, 3.05) is 24.0 Å². The Bertz CT molecular complexity index is 1270. The van der Waals surface area contributed by atoms with Gasteiger partial charge in [0.25, 0.3) is 10.0 Å². The van der Waals surface area contributed by atoms with Crippen molar-refractivity contribution in [3.8, 4) is 5.75 Å². The number of carbonyl (C=O) groups is 1. The lowest BCUT2D eigenvalue weighted by Gasteiger charge is -2.25. The van der Waals surface area contributed by atoms with E-state index in [4.69, 9.17) is 27.9 Å². The quantitative estimate of drug-likeness (QED) is 0.364. The summed E-state index contributed by atoms with van der Waals surface area (Å²) in [5.41, 5.74) is -1.58. The molecule has 35 heavy (non-hydrogen) atoms. The van der Waals surface area contributed by atoms with Gasteiger partial charge in [0.1, 0.15) is 18.9 Å². The van der Waals surface area contributed by atoms with E-state index in [-0.39, 0.29) is 23.7 Å². The Morgan fingerprint density at radius 1 is 0.971 bits per heavy atom. The number of sulfonamides is 1. The van der Waals surface area contributed by atoms with Crippen molar-refractivity contribution in [1.82, 2.24) is 5.32 Å². The molecule has 0 saturated carbocycles. The first-order valence-electron chi connectivity index (χ1n) is 10.1. The van der Waals surface area contributed by atoms with Gasteiger partial charge in [0, 0.05) is 5.02 Å². The highest BCUT2D eigenvalue weighted by atomic mass is 35.5. The van der Waals surface area contributed by atoms with Gasteiger partial charge < -0.3 is 10.1 Å². The summed E-state index contributed by atoms with van der Waals surface area (Å²) in [7, 11) is -4.38. The molecule has 1 N–H and O–H groups in total. The van der Waals surface area contributed by atoms with Crippen molar-refractivity contribution in [2.45, 2.75) is 11.1 Å². The molecular weight excluding hydrogens is 528 g/mol. The number of hydrogen-bond acceptors (Lipinski definition) is 4. The van der Waals surface area contributed by atoms with E-state index in [1.165, 1.54) is 24.3 Å². The Kier molecular flexibility index (Phi) is 8.52. The molecule has 0 aliphatic heterocycles. The average Bonchev–Trinajstić information content (AvgIpc) is 2.81. The van der Waals surface area contributed by atoms with Crippen LogP contribution in [-0.2, 0) is 21.0 Å². The van der Waals surface area contributed by atoms with Crippen LogP contribution >= 0.6 is 23.2 Å². The van der Waals surface area contributed by atoms with E-state index in [1.807, 2.05) is 0 Å². The molecule has 0 aliphatic carbocycles. The third-order valence-electron chi connectivity index (χ3n) is 4.67. The maximum absolute atomic E-state index is 13.4. The average molecular weight is 547 g/mol. The number of nitrogens with one attached hydrogen (secondary N) is 1. The summed E-state index contributed by atoms with van der Waals surface area (Å²) in [6.45, 7) is -0.676. The highest BCUT2D eigenvalue weighted by Gasteiger charge is 2.35. The maximum atomic E-state index is 13.4. The minimum atomic E-state index is -4.82. The molecule has 6 nitrogen and oxygen atoms in total. The predicted octanol–water partition coefficient (Wildman–Crippen LogP) is 5.40. The highest BCUT2D eigenvalue weighted by molar-refractivity contribution is 7.92. The van der Waals surface area contributed by atoms with Crippen LogP contribution in [0.15, 0.2) is 77.7 Å². The molecule has 0 aliphatic rings. The van der Waals surface area contributed by atoms with Crippen LogP contribution in [0.5, 0.6) is 5.75 Å². The molecule has 3 rings (SSSR count). The zero-order valence-electron chi connectivity index (χ0n) is 17.9. The third kappa shape index (κ3) is 7.03. The van der Waals surface area contributed by atoms with Gasteiger partial charge in [-0.1, -0.05) is 41.4 Å². The molecule has 0 saturated heterocycles. The van der Waals surface area contributed by atoms with Crippen LogP contribution in [0, 0.1) is 0 Å². The van der Waals surface area contributed by atoms with Gasteiger partial charge in [0.05, 0.1) is 27.7 Å². The summed E-state index contributed by atoms with van der Waals surface area (Å²) in [6.07, 6.45) is -4.82. The summed E-state index contributed by atoms with van der Waals surface area (Å²) in [4.78, 5) is 12.4. The molecule has 0 bridgehead atoms. The van der Waals surface area contributed by atoms with Gasteiger partial charge in [0.2, 0.25) is 5.91 Å². The van der Waals surface area contributed by atoms with E-state index in [9.17, 15) is 26.4 Å². The SMILES string of the molecule is O=C(CN(c1ccc(Cl)c(C(F)(F)F)c1)S(=O)(=O)c1ccccc1)NCCOc1ccc(Cl)cc1. The maximum Gasteiger partial charge on any atom is 0.417 e. The fourth-order valence-electron chi connectivity index (χ4n) is 3.00. The number of rotatable bonds is 9. The minimum absolute atomic E-state index is 0.0229. The van der Waals surface area contributed by atoms with Crippen LogP contribution in [0.25, 0.3) is 0 Å². The number of carbonyl (C=O) groups excluding carboxylic acids is 1. The lowest BCUT2D eigenvalue weighted by molar-refractivity contribution is -0.137. The molecule has 12 heteroatoms. The Morgan fingerprint density at radius 2 is 1.63 bits per heavy atom. The second kappa shape index (κ2) is 11.2. The lowest BCUT2D eigenvalue weighted by Crippen LogP contribution is -2.42. The van der Waals surface area contributed by atoms with Gasteiger partial charge in [-0.05, 0) is 54.6 Å². The normalized spacial score (nSPS) is 11.7. The van der Waals surface area contributed by atoms with Gasteiger partial charge in [-0.3, -0.25) is 9.10 Å². The molecule has 3 aromatic rings. The second-order valence-corrected chi connectivity index (χ2v) is 9.84. The van der Waals surface area contributed by atoms with Crippen molar-refractivity contribution in [3.05, 3.63) is 88.4 Å². The smallest absolute Gasteiger partial charge is 0.417 e. The number of hydrogen-bond donors (Lipinski definition) is 1. The van der Waals surface area contributed by atoms with Gasteiger partial charge in [-0.25, -0.2) is 8.42 Å². The first-order chi connectivity index (χ1) is 16.5. The molecule has 186 valence electrons. The van der Waals surface area contributed by atoms with Crippen LogP contribution in [0.2, 0.25) is 10.0 Å². The first kappa shape index (κ1) is 26.7. The zero-order valence-corrected chi connectivity index (χ0v) is 20.3. The molecule has 0 unspecified atom stereocenters. The van der Waals surface area contributed by atoms with Gasteiger partial charge in [-0.2, -0.15) is 13.2 Å². The second-order valence-electron chi connectivity index (χ2n) is 7.14. The topological polar surface area (TPSA) is 75.7 Å². The summed E-state index contributed by atoms with van der Waals surface area (Å²) in [5, 5.41) is 2.43. The van der Waals surface area contributed by atoms with E-state index >= 15 is 0 Å². The standard InChI is InChI=1S/C23H19Cl2F3N2O4S/c24-16-6-9-18(10-7-16)34-13-12-29-22(31)15-30(35(32,33)19-4-2-1-3-5-19)17-8-11-21(25)20(14-17)23(26,27)28/h1-11,14H,12-13,15H2,(H,29,31). The molecule has 0 fully saturated rings. The van der Waals surface area contributed by atoms with Crippen molar-refractivity contribution in [3.63, 3.8) is 0 Å². The lowest BCUT2D eigenvalue weighted by atomic mass is 10.2. The van der Waals surface area contributed by atoms with E-state index in [0.29, 0.717) is 21.1 Å². The molecule has 3 aromatic carbocycles. The van der Waals surface area contributed by atoms with Crippen LogP contribution in [0.4, 0.5) is 18.9 Å². The third-order valence-corrected chi connectivity index (χ3v) is 7.04. The van der Waals surface area contributed by atoms with Gasteiger partial charge in [0.15, 0.2) is 0 Å². The minimum Gasteiger partial charge on any atom is -0.492 e. The monoisotopic (exact) mass is 546 g/mol. The van der Waals surface area contributed by atoms with Crippen LogP contribution in [0.1, 0.15) is 5.56 Å². The highest BCUT2D eigenvalue weighted by Crippen LogP contribution is 2.38. The summed E-state index contributed by atoms with van der Waals surface area (Å²) < 4.78 is 72.7. The van der Waals surface area contributed by atoms with Crippen molar-refractivity contribution < 1.29 is 31.1 Å². The van der Waals surface area contributed by atoms with Crippen molar-refractivity contribution in [2.24, 2.45) is 0 Å². The molecule has 0 radical (unpaired) electrons. The fraction of sp³-hybridized carbons (Fsp3) is 0.174. The van der Waals surface area contributed by atoms with Gasteiger partial charge >= 0.3 is 6.18 Å². The van der Waals surface area contributed by atoms with Crippen LogP contribution in [0.3, 0.4) is 0 Å². The number of ether oxygens (including phenoxy) is 1. The Labute approximate surface area is 210 Å². The van der Waals surface area contributed by atoms with E-state index in [1.54, 1.807) is 30.3 Å². The van der Waals surface area contributed by atoms with E-state index < -0.39 is 39.2 Å². The number of amides is 1. The molecule has 0 heterocycles. The molecular formula is C23H19Cl2F3N2O4S. The van der Waals surface area contributed by atoms with E-state index in [0.717, 1.165) is 12.1 Å². The summed E-state index contributed by atoms with van der Waals surface area (Å²) >= 11 is 11.5.